The SMILES string of the molecule is O=C(NCc1ncon1)c1cccc(=O)[nH]1. The van der Waals surface area contributed by atoms with Crippen LogP contribution in [-0.4, -0.2) is 21.0 Å². The van der Waals surface area contributed by atoms with E-state index >= 15 is 0 Å². The molecule has 0 spiro atoms. The quantitative estimate of drug-likeness (QED) is 0.738. The molecule has 0 aromatic carbocycles. The number of amides is 1. The fourth-order valence-electron chi connectivity index (χ4n) is 1.11. The van der Waals surface area contributed by atoms with E-state index in [1.807, 2.05) is 0 Å². The Hall–Kier alpha value is -2.44. The molecule has 1 amide bonds. The summed E-state index contributed by atoms with van der Waals surface area (Å²) in [6.07, 6.45) is 1.17. The van der Waals surface area contributed by atoms with E-state index in [1.54, 1.807) is 0 Å². The normalized spacial score (nSPS) is 10.0. The lowest BCUT2D eigenvalue weighted by Gasteiger charge is -2.01. The topological polar surface area (TPSA) is 101 Å². The van der Waals surface area contributed by atoms with Crippen LogP contribution in [0.3, 0.4) is 0 Å². The predicted molar refractivity (Wildman–Crippen MR) is 52.5 cm³/mol. The summed E-state index contributed by atoms with van der Waals surface area (Å²) in [6.45, 7) is 0.145. The van der Waals surface area contributed by atoms with E-state index in [0.717, 1.165) is 0 Å². The van der Waals surface area contributed by atoms with Crippen LogP contribution in [0.4, 0.5) is 0 Å². The van der Waals surface area contributed by atoms with Crippen LogP contribution in [0.1, 0.15) is 16.3 Å². The van der Waals surface area contributed by atoms with E-state index in [9.17, 15) is 9.59 Å². The van der Waals surface area contributed by atoms with Crippen molar-refractivity contribution in [1.29, 1.82) is 0 Å². The lowest BCUT2D eigenvalue weighted by Crippen LogP contribution is -2.26. The van der Waals surface area contributed by atoms with Crippen molar-refractivity contribution >= 4 is 5.91 Å². The number of aromatic amines is 1. The highest BCUT2D eigenvalue weighted by atomic mass is 16.5. The average Bonchev–Trinajstić information content (AvgIpc) is 2.78. The molecule has 7 nitrogen and oxygen atoms in total. The molecule has 2 N–H and O–H groups in total. The summed E-state index contributed by atoms with van der Waals surface area (Å²) in [4.78, 5) is 28.6. The van der Waals surface area contributed by atoms with Crippen LogP contribution in [0.2, 0.25) is 0 Å². The fourth-order valence-corrected chi connectivity index (χ4v) is 1.11. The molecule has 0 bridgehead atoms. The highest BCUT2D eigenvalue weighted by molar-refractivity contribution is 5.91. The van der Waals surface area contributed by atoms with Gasteiger partial charge in [-0.15, -0.1) is 0 Å². The van der Waals surface area contributed by atoms with Gasteiger partial charge in [0.05, 0.1) is 6.54 Å². The van der Waals surface area contributed by atoms with Crippen molar-refractivity contribution in [2.75, 3.05) is 0 Å². The zero-order valence-corrected chi connectivity index (χ0v) is 8.14. The highest BCUT2D eigenvalue weighted by Crippen LogP contribution is 1.92. The zero-order valence-electron chi connectivity index (χ0n) is 8.14. The van der Waals surface area contributed by atoms with Crippen LogP contribution in [0.15, 0.2) is 33.9 Å². The van der Waals surface area contributed by atoms with Crippen molar-refractivity contribution in [1.82, 2.24) is 20.4 Å². The summed E-state index contributed by atoms with van der Waals surface area (Å²) < 4.78 is 4.50. The van der Waals surface area contributed by atoms with Crippen LogP contribution >= 0.6 is 0 Å². The van der Waals surface area contributed by atoms with Gasteiger partial charge in [0.25, 0.3) is 5.91 Å². The monoisotopic (exact) mass is 220 g/mol. The van der Waals surface area contributed by atoms with E-state index in [4.69, 9.17) is 0 Å². The van der Waals surface area contributed by atoms with Crippen molar-refractivity contribution in [2.45, 2.75) is 6.54 Å². The molecular weight excluding hydrogens is 212 g/mol. The van der Waals surface area contributed by atoms with Gasteiger partial charge in [-0.3, -0.25) is 9.59 Å². The number of rotatable bonds is 3. The maximum Gasteiger partial charge on any atom is 0.268 e. The Bertz CT molecular complexity index is 532. The third kappa shape index (κ3) is 2.32. The van der Waals surface area contributed by atoms with E-state index in [0.29, 0.717) is 5.82 Å². The minimum Gasteiger partial charge on any atom is -0.343 e. The number of aromatic nitrogens is 3. The number of pyridine rings is 1. The van der Waals surface area contributed by atoms with Gasteiger partial charge < -0.3 is 14.8 Å². The van der Waals surface area contributed by atoms with Gasteiger partial charge in [-0.05, 0) is 6.07 Å². The second kappa shape index (κ2) is 4.39. The summed E-state index contributed by atoms with van der Waals surface area (Å²) in [6, 6.07) is 4.34. The third-order valence-electron chi connectivity index (χ3n) is 1.83. The van der Waals surface area contributed by atoms with Crippen molar-refractivity contribution in [3.8, 4) is 0 Å². The Labute approximate surface area is 89.5 Å². The van der Waals surface area contributed by atoms with E-state index < -0.39 is 5.91 Å². The Kier molecular flexibility index (Phi) is 2.77. The molecule has 0 saturated carbocycles. The maximum absolute atomic E-state index is 11.5. The predicted octanol–water partition coefficient (Wildman–Crippen LogP) is -0.312. The maximum atomic E-state index is 11.5. The molecule has 0 fully saturated rings. The third-order valence-corrected chi connectivity index (χ3v) is 1.83. The standard InChI is InChI=1S/C9H8N4O3/c14-8-3-1-2-6(12-8)9(15)10-4-7-11-5-16-13-7/h1-3,5H,4H2,(H,10,15)(H,12,14). The first-order valence-electron chi connectivity index (χ1n) is 4.48. The first kappa shape index (κ1) is 10.1. The summed E-state index contributed by atoms with van der Waals surface area (Å²) in [7, 11) is 0. The fraction of sp³-hybridized carbons (Fsp3) is 0.111. The van der Waals surface area contributed by atoms with Gasteiger partial charge in [0, 0.05) is 6.07 Å². The smallest absolute Gasteiger partial charge is 0.268 e. The van der Waals surface area contributed by atoms with Gasteiger partial charge in [-0.2, -0.15) is 4.98 Å². The molecule has 2 rings (SSSR count). The largest absolute Gasteiger partial charge is 0.343 e. The van der Waals surface area contributed by atoms with Crippen LogP contribution < -0.4 is 10.9 Å². The molecule has 0 aliphatic rings. The van der Waals surface area contributed by atoms with Gasteiger partial charge in [0.15, 0.2) is 5.82 Å². The van der Waals surface area contributed by atoms with Gasteiger partial charge in [0.1, 0.15) is 5.69 Å². The molecule has 2 aromatic rings. The number of H-pyrrole nitrogens is 1. The lowest BCUT2D eigenvalue weighted by molar-refractivity contribution is 0.0944. The van der Waals surface area contributed by atoms with Crippen molar-refractivity contribution in [3.05, 3.63) is 46.5 Å². The molecule has 7 heteroatoms. The molecule has 0 unspecified atom stereocenters. The first-order valence-corrected chi connectivity index (χ1v) is 4.48. The second-order valence-corrected chi connectivity index (χ2v) is 2.96. The Morgan fingerprint density at radius 1 is 1.50 bits per heavy atom. The lowest BCUT2D eigenvalue weighted by atomic mass is 10.3. The number of hydrogen-bond acceptors (Lipinski definition) is 5. The van der Waals surface area contributed by atoms with E-state index in [2.05, 4.69) is 25.0 Å². The molecule has 0 atom stereocenters. The molecule has 16 heavy (non-hydrogen) atoms. The number of nitrogens with one attached hydrogen (secondary N) is 2. The second-order valence-electron chi connectivity index (χ2n) is 2.96. The van der Waals surface area contributed by atoms with Crippen LogP contribution in [0, 0.1) is 0 Å². The van der Waals surface area contributed by atoms with E-state index in [-0.39, 0.29) is 17.8 Å². The number of nitrogens with zero attached hydrogens (tertiary/aromatic N) is 2. The summed E-state index contributed by atoms with van der Waals surface area (Å²) in [5, 5.41) is 6.06. The highest BCUT2D eigenvalue weighted by Gasteiger charge is 2.06. The molecule has 2 heterocycles. The molecule has 82 valence electrons. The molecule has 0 saturated heterocycles. The van der Waals surface area contributed by atoms with Crippen molar-refractivity contribution < 1.29 is 9.32 Å². The van der Waals surface area contributed by atoms with Crippen molar-refractivity contribution in [2.24, 2.45) is 0 Å². The Morgan fingerprint density at radius 2 is 2.38 bits per heavy atom. The Morgan fingerprint density at radius 3 is 3.06 bits per heavy atom. The number of carbonyl (C=O) groups excluding carboxylic acids is 1. The summed E-state index contributed by atoms with van der Waals surface area (Å²) in [5.74, 6) is -0.0332. The van der Waals surface area contributed by atoms with Crippen molar-refractivity contribution in [3.63, 3.8) is 0 Å². The molecule has 0 aliphatic carbocycles. The number of carbonyl (C=O) groups is 1. The summed E-state index contributed by atoms with van der Waals surface area (Å²) in [5.41, 5.74) is -0.136. The molecule has 0 radical (unpaired) electrons. The zero-order chi connectivity index (χ0) is 11.4. The first-order chi connectivity index (χ1) is 7.75. The van der Waals surface area contributed by atoms with Crippen LogP contribution in [-0.2, 0) is 6.54 Å². The Balaban J connectivity index is 2.01. The molecule has 2 aromatic heterocycles. The molecule has 0 aliphatic heterocycles. The minimum absolute atomic E-state index is 0.145. The average molecular weight is 220 g/mol. The van der Waals surface area contributed by atoms with E-state index in [1.165, 1.54) is 24.6 Å². The van der Waals surface area contributed by atoms with Gasteiger partial charge in [0.2, 0.25) is 12.0 Å². The van der Waals surface area contributed by atoms with Crippen LogP contribution in [0.25, 0.3) is 0 Å². The van der Waals surface area contributed by atoms with Gasteiger partial charge in [-0.25, -0.2) is 0 Å². The number of hydrogen-bond donors (Lipinski definition) is 2. The summed E-state index contributed by atoms with van der Waals surface area (Å²) >= 11 is 0. The van der Waals surface area contributed by atoms with Crippen LogP contribution in [0.5, 0.6) is 0 Å². The molecular formula is C9H8N4O3. The van der Waals surface area contributed by atoms with Gasteiger partial charge >= 0.3 is 0 Å². The minimum atomic E-state index is -0.400. The van der Waals surface area contributed by atoms with Gasteiger partial charge in [-0.1, -0.05) is 11.2 Å².